The number of para-hydroxylation sites is 1. The molecule has 1 heterocycles. The van der Waals surface area contributed by atoms with Gasteiger partial charge >= 0.3 is 0 Å². The predicted octanol–water partition coefficient (Wildman–Crippen LogP) is 13.4. The molecule has 0 fully saturated rings. The van der Waals surface area contributed by atoms with Crippen molar-refractivity contribution in [2.45, 2.75) is 5.92 Å². The van der Waals surface area contributed by atoms with Crippen molar-refractivity contribution in [2.75, 3.05) is 0 Å². The molecular formula is C50H33N. The van der Waals surface area contributed by atoms with Crippen molar-refractivity contribution >= 4 is 54.0 Å². The van der Waals surface area contributed by atoms with E-state index in [9.17, 15) is 0 Å². The topological polar surface area (TPSA) is 12.9 Å². The molecule has 0 N–H and O–H groups in total. The summed E-state index contributed by atoms with van der Waals surface area (Å²) in [6, 6.07) is 69.0. The molecule has 238 valence electrons. The van der Waals surface area contributed by atoms with Gasteiger partial charge in [0.15, 0.2) is 0 Å². The average molecular weight is 648 g/mol. The summed E-state index contributed by atoms with van der Waals surface area (Å²) in [5.41, 5.74) is 9.70. The molecule has 0 spiro atoms. The van der Waals surface area contributed by atoms with Crippen LogP contribution >= 0.6 is 0 Å². The largest absolute Gasteiger partial charge is 0.256 e. The van der Waals surface area contributed by atoms with Crippen molar-refractivity contribution in [3.8, 4) is 22.3 Å². The van der Waals surface area contributed by atoms with E-state index in [2.05, 4.69) is 182 Å². The predicted molar refractivity (Wildman–Crippen MR) is 216 cm³/mol. The first kappa shape index (κ1) is 29.4. The lowest BCUT2D eigenvalue weighted by Crippen LogP contribution is -2.05. The van der Waals surface area contributed by atoms with Gasteiger partial charge in [-0.1, -0.05) is 170 Å². The molecule has 1 heteroatoms. The second-order valence-electron chi connectivity index (χ2n) is 13.5. The second-order valence-corrected chi connectivity index (χ2v) is 13.5. The van der Waals surface area contributed by atoms with Gasteiger partial charge in [0.2, 0.25) is 0 Å². The maximum absolute atomic E-state index is 4.75. The van der Waals surface area contributed by atoms with E-state index < -0.39 is 0 Å². The molecule has 9 aromatic carbocycles. The minimum absolute atomic E-state index is 0.0168. The zero-order valence-electron chi connectivity index (χ0n) is 28.0. The first-order valence-corrected chi connectivity index (χ1v) is 17.7. The van der Waals surface area contributed by atoms with Gasteiger partial charge in [0.05, 0.1) is 5.52 Å². The van der Waals surface area contributed by atoms with Crippen LogP contribution in [0.25, 0.3) is 76.2 Å². The third kappa shape index (κ3) is 4.97. The van der Waals surface area contributed by atoms with Crippen molar-refractivity contribution in [1.29, 1.82) is 0 Å². The molecule has 0 aliphatic rings. The summed E-state index contributed by atoms with van der Waals surface area (Å²) < 4.78 is 0. The van der Waals surface area contributed by atoms with Crippen LogP contribution < -0.4 is 0 Å². The fourth-order valence-electron chi connectivity index (χ4n) is 8.23. The number of fused-ring (bicyclic) bond motifs is 6. The van der Waals surface area contributed by atoms with Crippen molar-refractivity contribution in [3.05, 3.63) is 211 Å². The van der Waals surface area contributed by atoms with Crippen LogP contribution in [0.1, 0.15) is 22.6 Å². The highest BCUT2D eigenvalue weighted by molar-refractivity contribution is 6.13. The second kappa shape index (κ2) is 12.1. The molecule has 1 nitrogen and oxygen atoms in total. The zero-order chi connectivity index (χ0) is 33.7. The van der Waals surface area contributed by atoms with Crippen LogP contribution in [-0.2, 0) is 0 Å². The van der Waals surface area contributed by atoms with Gasteiger partial charge in [-0.15, -0.1) is 0 Å². The summed E-state index contributed by atoms with van der Waals surface area (Å²) in [5, 5.41) is 11.4. The fraction of sp³-hybridized carbons (Fsp3) is 0.0200. The molecule has 1 aromatic heterocycles. The van der Waals surface area contributed by atoms with E-state index in [4.69, 9.17) is 4.98 Å². The molecule has 0 saturated heterocycles. The molecule has 0 aliphatic carbocycles. The maximum Gasteiger partial charge on any atom is 0.0780 e. The van der Waals surface area contributed by atoms with Gasteiger partial charge in [-0.25, -0.2) is 0 Å². The first-order valence-electron chi connectivity index (χ1n) is 17.7. The Labute approximate surface area is 297 Å². The summed E-state index contributed by atoms with van der Waals surface area (Å²) in [6.07, 6.45) is 1.88. The molecule has 0 saturated carbocycles. The Bertz CT molecular complexity index is 2840. The van der Waals surface area contributed by atoms with Gasteiger partial charge < -0.3 is 0 Å². The molecule has 0 radical (unpaired) electrons. The molecule has 10 rings (SSSR count). The lowest BCUT2D eigenvalue weighted by atomic mass is 9.79. The van der Waals surface area contributed by atoms with Crippen LogP contribution in [0.2, 0.25) is 0 Å². The number of pyridine rings is 1. The van der Waals surface area contributed by atoms with Crippen molar-refractivity contribution < 1.29 is 0 Å². The summed E-state index contributed by atoms with van der Waals surface area (Å²) in [7, 11) is 0. The van der Waals surface area contributed by atoms with Crippen molar-refractivity contribution in [2.24, 2.45) is 0 Å². The summed E-state index contributed by atoms with van der Waals surface area (Å²) in [6.45, 7) is 0. The van der Waals surface area contributed by atoms with Crippen LogP contribution in [0.5, 0.6) is 0 Å². The monoisotopic (exact) mass is 647 g/mol. The highest BCUT2D eigenvalue weighted by atomic mass is 14.6. The quantitative estimate of drug-likeness (QED) is 0.103. The standard InChI is InChI=1S/C50H33N/c1-4-16-41-40(13-1)32-47(46-20-8-7-19-45(41)46)34-24-28-36(29-25-34)48(49-42-17-5-2-11-38(42)31-39-12-3-6-18-43(39)49)35-26-22-33(23-27-35)44-21-9-14-37-15-10-30-51-50(37)44/h1-32,48H. The average Bonchev–Trinajstić information content (AvgIpc) is 3.21. The SMILES string of the molecule is c1ccc2c(C(c3ccc(-c4cc5ccccc5c5ccccc45)cc3)c3ccc(-c4cccc5cccnc45)cc3)c3ccccc3cc2c1. The lowest BCUT2D eigenvalue weighted by molar-refractivity contribution is 1.00. The number of aromatic nitrogens is 1. The molecule has 10 aromatic rings. The van der Waals surface area contributed by atoms with E-state index in [-0.39, 0.29) is 5.92 Å². The van der Waals surface area contributed by atoms with Crippen LogP contribution in [-0.4, -0.2) is 4.98 Å². The van der Waals surface area contributed by atoms with E-state index >= 15 is 0 Å². The molecule has 1 atom stereocenters. The van der Waals surface area contributed by atoms with Gasteiger partial charge in [0.25, 0.3) is 0 Å². The third-order valence-corrected chi connectivity index (χ3v) is 10.6. The Morgan fingerprint density at radius 2 is 0.824 bits per heavy atom. The smallest absolute Gasteiger partial charge is 0.0780 e. The van der Waals surface area contributed by atoms with Gasteiger partial charge in [-0.2, -0.15) is 0 Å². The third-order valence-electron chi connectivity index (χ3n) is 10.6. The Balaban J connectivity index is 1.17. The molecule has 0 aliphatic heterocycles. The Morgan fingerprint density at radius 1 is 0.333 bits per heavy atom. The number of nitrogens with zero attached hydrogens (tertiary/aromatic N) is 1. The Morgan fingerprint density at radius 3 is 1.47 bits per heavy atom. The van der Waals surface area contributed by atoms with E-state index in [1.54, 1.807) is 0 Å². The minimum atomic E-state index is 0.0168. The van der Waals surface area contributed by atoms with E-state index in [0.717, 1.165) is 16.5 Å². The number of hydrogen-bond donors (Lipinski definition) is 0. The van der Waals surface area contributed by atoms with Crippen molar-refractivity contribution in [3.63, 3.8) is 0 Å². The van der Waals surface area contributed by atoms with Gasteiger partial charge in [0.1, 0.15) is 0 Å². The first-order chi connectivity index (χ1) is 25.3. The maximum atomic E-state index is 4.75. The fourth-order valence-corrected chi connectivity index (χ4v) is 8.23. The van der Waals surface area contributed by atoms with Crippen LogP contribution in [0.4, 0.5) is 0 Å². The number of rotatable bonds is 5. The normalized spacial score (nSPS) is 12.2. The summed E-state index contributed by atoms with van der Waals surface area (Å²) >= 11 is 0. The molecule has 0 bridgehead atoms. The summed E-state index contributed by atoms with van der Waals surface area (Å²) in [5.74, 6) is 0.0168. The summed E-state index contributed by atoms with van der Waals surface area (Å²) in [4.78, 5) is 4.75. The van der Waals surface area contributed by atoms with E-state index in [0.29, 0.717) is 0 Å². The van der Waals surface area contributed by atoms with Crippen LogP contribution in [0.15, 0.2) is 194 Å². The highest BCUT2D eigenvalue weighted by Crippen LogP contribution is 2.43. The lowest BCUT2D eigenvalue weighted by Gasteiger charge is -2.24. The molecular weight excluding hydrogens is 615 g/mol. The van der Waals surface area contributed by atoms with Gasteiger partial charge in [0, 0.05) is 23.1 Å². The minimum Gasteiger partial charge on any atom is -0.256 e. The molecule has 0 amide bonds. The van der Waals surface area contributed by atoms with E-state index in [1.807, 2.05) is 12.3 Å². The van der Waals surface area contributed by atoms with E-state index in [1.165, 1.54) is 76.5 Å². The Kier molecular flexibility index (Phi) is 6.96. The van der Waals surface area contributed by atoms with Crippen molar-refractivity contribution in [1.82, 2.24) is 4.98 Å². The van der Waals surface area contributed by atoms with Crippen LogP contribution in [0, 0.1) is 0 Å². The zero-order valence-corrected chi connectivity index (χ0v) is 28.0. The number of hydrogen-bond acceptors (Lipinski definition) is 1. The number of benzene rings is 9. The highest BCUT2D eigenvalue weighted by Gasteiger charge is 2.23. The van der Waals surface area contributed by atoms with Crippen LogP contribution in [0.3, 0.4) is 0 Å². The molecule has 1 unspecified atom stereocenters. The van der Waals surface area contributed by atoms with Gasteiger partial charge in [-0.3, -0.25) is 4.98 Å². The van der Waals surface area contributed by atoms with Gasteiger partial charge in [-0.05, 0) is 94.7 Å². The molecule has 51 heavy (non-hydrogen) atoms. The Hall–Kier alpha value is -6.57.